The molecular formula is C23H25N3O2S. The molecule has 0 unspecified atom stereocenters. The van der Waals surface area contributed by atoms with Crippen LogP contribution in [0.4, 0.5) is 17.1 Å². The molecule has 2 heterocycles. The molecule has 2 aliphatic rings. The van der Waals surface area contributed by atoms with Gasteiger partial charge in [0.2, 0.25) is 5.66 Å². The number of nitrogens with zero attached hydrogens (tertiary/aromatic N) is 3. The number of anilines is 3. The number of likely N-dealkylation sites (N-methyl/N-ethyl adjacent to an activating group) is 2. The quantitative estimate of drug-likeness (QED) is 0.542. The highest BCUT2D eigenvalue weighted by Gasteiger charge is 2.61. The van der Waals surface area contributed by atoms with Crippen LogP contribution in [0.1, 0.15) is 20.8 Å². The van der Waals surface area contributed by atoms with Crippen molar-refractivity contribution in [2.24, 2.45) is 0 Å². The number of thiocarbonyl (C=S) groups is 1. The maximum Gasteiger partial charge on any atom is 0.340 e. The summed E-state index contributed by atoms with van der Waals surface area (Å²) in [7, 11) is 0. The van der Waals surface area contributed by atoms with Crippen molar-refractivity contribution in [3.63, 3.8) is 0 Å². The molecule has 0 aromatic heterocycles. The van der Waals surface area contributed by atoms with Crippen LogP contribution in [0.2, 0.25) is 0 Å². The summed E-state index contributed by atoms with van der Waals surface area (Å²) in [6.07, 6.45) is 1.85. The maximum atomic E-state index is 13.2. The minimum absolute atomic E-state index is 0.315. The van der Waals surface area contributed by atoms with Gasteiger partial charge in [0.25, 0.3) is 0 Å². The van der Waals surface area contributed by atoms with Crippen LogP contribution in [-0.4, -0.2) is 36.3 Å². The molecule has 4 rings (SSSR count). The van der Waals surface area contributed by atoms with Crippen LogP contribution in [0.5, 0.6) is 0 Å². The van der Waals surface area contributed by atoms with Gasteiger partial charge in [-0.3, -0.25) is 0 Å². The Kier molecular flexibility index (Phi) is 5.04. The van der Waals surface area contributed by atoms with Crippen molar-refractivity contribution in [3.05, 3.63) is 66.4 Å². The lowest BCUT2D eigenvalue weighted by Gasteiger charge is -2.44. The van der Waals surface area contributed by atoms with Crippen molar-refractivity contribution in [1.82, 2.24) is 0 Å². The summed E-state index contributed by atoms with van der Waals surface area (Å²) < 4.78 is 5.48. The summed E-state index contributed by atoms with van der Waals surface area (Å²) in [4.78, 5) is 20.2. The summed E-state index contributed by atoms with van der Waals surface area (Å²) in [6, 6.07) is 18.1. The summed E-state index contributed by atoms with van der Waals surface area (Å²) in [5.41, 5.74) is 2.74. The lowest BCUT2D eigenvalue weighted by molar-refractivity contribution is -0.139. The Balaban J connectivity index is 1.95. The molecule has 0 radical (unpaired) electrons. The fourth-order valence-corrected chi connectivity index (χ4v) is 4.97. The fraction of sp³-hybridized carbons (Fsp3) is 0.304. The van der Waals surface area contributed by atoms with Crippen LogP contribution in [0.25, 0.3) is 0 Å². The first-order chi connectivity index (χ1) is 14.1. The van der Waals surface area contributed by atoms with Crippen molar-refractivity contribution in [1.29, 1.82) is 0 Å². The topological polar surface area (TPSA) is 36.0 Å². The minimum atomic E-state index is -0.884. The third-order valence-electron chi connectivity index (χ3n) is 5.56. The number of para-hydroxylation sites is 3. The van der Waals surface area contributed by atoms with E-state index in [-0.39, 0.29) is 5.97 Å². The van der Waals surface area contributed by atoms with Gasteiger partial charge in [0.1, 0.15) is 10.6 Å². The number of rotatable bonds is 5. The van der Waals surface area contributed by atoms with E-state index in [1.54, 1.807) is 0 Å². The number of benzene rings is 2. The zero-order chi connectivity index (χ0) is 20.6. The van der Waals surface area contributed by atoms with Crippen molar-refractivity contribution >= 4 is 40.2 Å². The zero-order valence-corrected chi connectivity index (χ0v) is 17.8. The van der Waals surface area contributed by atoms with Crippen molar-refractivity contribution < 1.29 is 9.53 Å². The van der Waals surface area contributed by atoms with Crippen LogP contribution in [0.3, 0.4) is 0 Å². The van der Waals surface area contributed by atoms with Crippen molar-refractivity contribution in [2.45, 2.75) is 26.4 Å². The molecular weight excluding hydrogens is 382 g/mol. The van der Waals surface area contributed by atoms with Crippen LogP contribution in [-0.2, 0) is 9.53 Å². The second kappa shape index (κ2) is 7.52. The number of hydrogen-bond donors (Lipinski definition) is 0. The van der Waals surface area contributed by atoms with E-state index < -0.39 is 5.66 Å². The molecule has 150 valence electrons. The van der Waals surface area contributed by atoms with Crippen molar-refractivity contribution in [2.75, 3.05) is 34.4 Å². The SMILES string of the molecule is CCOC(=O)C1=CN(c2ccccc2)C(=S)C12N(CC)c1ccccc1N2CC. The number of hydrogen-bond acceptors (Lipinski definition) is 5. The Morgan fingerprint density at radius 2 is 1.48 bits per heavy atom. The molecule has 2 aromatic rings. The summed E-state index contributed by atoms with van der Waals surface area (Å²) in [5, 5.41) is 0. The fourth-order valence-electron chi connectivity index (χ4n) is 4.48. The van der Waals surface area contributed by atoms with Gasteiger partial charge in [-0.2, -0.15) is 0 Å². The smallest absolute Gasteiger partial charge is 0.340 e. The van der Waals surface area contributed by atoms with E-state index in [4.69, 9.17) is 17.0 Å². The summed E-state index contributed by atoms with van der Waals surface area (Å²) >= 11 is 6.09. The summed E-state index contributed by atoms with van der Waals surface area (Å²) in [6.45, 7) is 7.73. The first-order valence-electron chi connectivity index (χ1n) is 10.0. The minimum Gasteiger partial charge on any atom is -0.462 e. The van der Waals surface area contributed by atoms with Gasteiger partial charge < -0.3 is 19.4 Å². The number of fused-ring (bicyclic) bond motifs is 1. The predicted octanol–water partition coefficient (Wildman–Crippen LogP) is 4.34. The first kappa shape index (κ1) is 19.5. The molecule has 2 aromatic carbocycles. The number of carbonyl (C=O) groups excluding carboxylic acids is 1. The molecule has 5 nitrogen and oxygen atoms in total. The van der Waals surface area contributed by atoms with E-state index in [0.29, 0.717) is 30.3 Å². The van der Waals surface area contributed by atoms with E-state index >= 15 is 0 Å². The Morgan fingerprint density at radius 3 is 2.00 bits per heavy atom. The van der Waals surface area contributed by atoms with E-state index in [1.165, 1.54) is 0 Å². The van der Waals surface area contributed by atoms with Gasteiger partial charge in [0.05, 0.1) is 18.0 Å². The third kappa shape index (κ3) is 2.66. The van der Waals surface area contributed by atoms with Gasteiger partial charge in [-0.05, 0) is 45.0 Å². The van der Waals surface area contributed by atoms with E-state index in [1.807, 2.05) is 60.5 Å². The molecule has 0 fully saturated rings. The molecule has 0 bridgehead atoms. The largest absolute Gasteiger partial charge is 0.462 e. The standard InChI is InChI=1S/C23H25N3O2S/c1-4-25-19-14-10-11-15-20(19)26(5-2)23(25)18(21(27)28-6-3)16-24(22(23)29)17-12-8-7-9-13-17/h7-16H,4-6H2,1-3H3. The molecule has 2 aliphatic heterocycles. The second-order valence-electron chi connectivity index (χ2n) is 6.92. The number of ether oxygens (including phenoxy) is 1. The average molecular weight is 408 g/mol. The average Bonchev–Trinajstić information content (AvgIpc) is 3.21. The molecule has 0 amide bonds. The summed E-state index contributed by atoms with van der Waals surface area (Å²) in [5.74, 6) is -0.335. The van der Waals surface area contributed by atoms with Crippen LogP contribution >= 0.6 is 12.2 Å². The Bertz CT molecular complexity index is 942. The molecule has 1 spiro atoms. The monoisotopic (exact) mass is 407 g/mol. The van der Waals surface area contributed by atoms with Gasteiger partial charge >= 0.3 is 5.97 Å². The van der Waals surface area contributed by atoms with Gasteiger partial charge in [0, 0.05) is 25.0 Å². The Morgan fingerprint density at radius 1 is 0.931 bits per heavy atom. The van der Waals surface area contributed by atoms with Crippen molar-refractivity contribution in [3.8, 4) is 0 Å². The van der Waals surface area contributed by atoms with Gasteiger partial charge in [-0.15, -0.1) is 0 Å². The van der Waals surface area contributed by atoms with Gasteiger partial charge in [0.15, 0.2) is 0 Å². The van der Waals surface area contributed by atoms with Gasteiger partial charge in [-0.1, -0.05) is 42.5 Å². The molecule has 0 N–H and O–H groups in total. The molecule has 0 saturated carbocycles. The normalized spacial score (nSPS) is 17.0. The maximum absolute atomic E-state index is 13.2. The van der Waals surface area contributed by atoms with Crippen LogP contribution < -0.4 is 14.7 Å². The highest BCUT2D eigenvalue weighted by Crippen LogP contribution is 2.52. The first-order valence-corrected chi connectivity index (χ1v) is 10.4. The highest BCUT2D eigenvalue weighted by atomic mass is 32.1. The number of esters is 1. The Hall–Kier alpha value is -2.86. The molecule has 0 atom stereocenters. The van der Waals surface area contributed by atoms with Gasteiger partial charge in [-0.25, -0.2) is 4.79 Å². The third-order valence-corrected chi connectivity index (χ3v) is 6.04. The molecule has 29 heavy (non-hydrogen) atoms. The Labute approximate surface area is 177 Å². The van der Waals surface area contributed by atoms with E-state index in [0.717, 1.165) is 17.1 Å². The highest BCUT2D eigenvalue weighted by molar-refractivity contribution is 7.81. The molecule has 0 aliphatic carbocycles. The predicted molar refractivity (Wildman–Crippen MR) is 121 cm³/mol. The van der Waals surface area contributed by atoms with Crippen LogP contribution in [0, 0.1) is 0 Å². The zero-order valence-electron chi connectivity index (χ0n) is 17.0. The number of carbonyl (C=O) groups is 1. The molecule has 0 saturated heterocycles. The van der Waals surface area contributed by atoms with Crippen LogP contribution in [0.15, 0.2) is 66.4 Å². The van der Waals surface area contributed by atoms with E-state index in [2.05, 4.69) is 35.8 Å². The lowest BCUT2D eigenvalue weighted by atomic mass is 9.99. The molecule has 6 heteroatoms. The lowest BCUT2D eigenvalue weighted by Crippen LogP contribution is -2.64. The second-order valence-corrected chi connectivity index (χ2v) is 7.31. The van der Waals surface area contributed by atoms with E-state index in [9.17, 15) is 4.79 Å².